The SMILES string of the molecule is CCOCCCNC(=O)/C(C#N)=C\NCc1ccccn1. The van der Waals surface area contributed by atoms with E-state index in [4.69, 9.17) is 10.00 Å². The number of hydrogen-bond acceptors (Lipinski definition) is 5. The Kier molecular flexibility index (Phi) is 8.26. The molecule has 0 saturated carbocycles. The molecule has 0 unspecified atom stereocenters. The highest BCUT2D eigenvalue weighted by molar-refractivity contribution is 5.97. The largest absolute Gasteiger partial charge is 0.384 e. The average molecular weight is 288 g/mol. The Labute approximate surface area is 124 Å². The fourth-order valence-electron chi connectivity index (χ4n) is 1.52. The van der Waals surface area contributed by atoms with E-state index in [1.807, 2.05) is 31.2 Å². The van der Waals surface area contributed by atoms with E-state index in [2.05, 4.69) is 15.6 Å². The number of carbonyl (C=O) groups is 1. The van der Waals surface area contributed by atoms with Gasteiger partial charge in [0, 0.05) is 32.2 Å². The fourth-order valence-corrected chi connectivity index (χ4v) is 1.52. The van der Waals surface area contributed by atoms with Crippen LogP contribution < -0.4 is 10.6 Å². The van der Waals surface area contributed by atoms with Crippen LogP contribution in [0.1, 0.15) is 19.0 Å². The summed E-state index contributed by atoms with van der Waals surface area (Å²) in [6.45, 7) is 4.12. The van der Waals surface area contributed by atoms with Gasteiger partial charge in [-0.3, -0.25) is 9.78 Å². The first kappa shape index (κ1) is 16.7. The fraction of sp³-hybridized carbons (Fsp3) is 0.400. The third-order valence-electron chi connectivity index (χ3n) is 2.58. The summed E-state index contributed by atoms with van der Waals surface area (Å²) in [5.41, 5.74) is 0.880. The molecule has 0 spiro atoms. The minimum atomic E-state index is -0.387. The van der Waals surface area contributed by atoms with Crippen LogP contribution in [0, 0.1) is 11.3 Å². The van der Waals surface area contributed by atoms with Gasteiger partial charge in [0.2, 0.25) is 0 Å². The van der Waals surface area contributed by atoms with Crippen molar-refractivity contribution in [1.29, 1.82) is 5.26 Å². The van der Waals surface area contributed by atoms with E-state index in [1.54, 1.807) is 6.20 Å². The summed E-state index contributed by atoms with van der Waals surface area (Å²) in [5.74, 6) is -0.387. The summed E-state index contributed by atoms with van der Waals surface area (Å²) in [6, 6.07) is 7.44. The quantitative estimate of drug-likeness (QED) is 0.404. The maximum Gasteiger partial charge on any atom is 0.263 e. The van der Waals surface area contributed by atoms with Crippen molar-refractivity contribution in [2.75, 3.05) is 19.8 Å². The number of ether oxygens (including phenoxy) is 1. The number of aromatic nitrogens is 1. The lowest BCUT2D eigenvalue weighted by atomic mass is 10.3. The molecular weight excluding hydrogens is 268 g/mol. The second-order valence-corrected chi connectivity index (χ2v) is 4.18. The number of nitrogens with zero attached hydrogens (tertiary/aromatic N) is 2. The second kappa shape index (κ2) is 10.4. The summed E-state index contributed by atoms with van der Waals surface area (Å²) in [7, 11) is 0. The lowest BCUT2D eigenvalue weighted by molar-refractivity contribution is -0.117. The standard InChI is InChI=1S/C15H20N4O2/c1-2-21-9-5-8-19-15(20)13(10-16)11-17-12-14-6-3-4-7-18-14/h3-4,6-7,11,17H,2,5,8-9,12H2,1H3,(H,19,20)/b13-11-. The molecule has 1 heterocycles. The van der Waals surface area contributed by atoms with Gasteiger partial charge in [-0.1, -0.05) is 6.07 Å². The highest BCUT2D eigenvalue weighted by atomic mass is 16.5. The van der Waals surface area contributed by atoms with Crippen LogP contribution in [0.15, 0.2) is 36.2 Å². The van der Waals surface area contributed by atoms with E-state index in [9.17, 15) is 4.79 Å². The molecule has 1 amide bonds. The first-order valence-electron chi connectivity index (χ1n) is 6.87. The van der Waals surface area contributed by atoms with Crippen LogP contribution in [0.2, 0.25) is 0 Å². The molecule has 0 atom stereocenters. The zero-order valence-electron chi connectivity index (χ0n) is 12.1. The van der Waals surface area contributed by atoms with E-state index in [0.29, 0.717) is 26.3 Å². The van der Waals surface area contributed by atoms with Gasteiger partial charge in [-0.15, -0.1) is 0 Å². The smallest absolute Gasteiger partial charge is 0.263 e. The molecule has 6 heteroatoms. The summed E-state index contributed by atoms with van der Waals surface area (Å²) >= 11 is 0. The third-order valence-corrected chi connectivity index (χ3v) is 2.58. The van der Waals surface area contributed by atoms with Crippen molar-refractivity contribution in [3.8, 4) is 6.07 Å². The summed E-state index contributed by atoms with van der Waals surface area (Å²) in [5, 5.41) is 14.6. The van der Waals surface area contributed by atoms with Crippen molar-refractivity contribution in [2.24, 2.45) is 0 Å². The minimum Gasteiger partial charge on any atom is -0.384 e. The van der Waals surface area contributed by atoms with E-state index in [0.717, 1.165) is 12.1 Å². The van der Waals surface area contributed by atoms with Gasteiger partial charge < -0.3 is 15.4 Å². The first-order valence-corrected chi connectivity index (χ1v) is 6.87. The molecule has 21 heavy (non-hydrogen) atoms. The van der Waals surface area contributed by atoms with Gasteiger partial charge in [0.1, 0.15) is 11.6 Å². The van der Waals surface area contributed by atoms with Crippen molar-refractivity contribution >= 4 is 5.91 Å². The van der Waals surface area contributed by atoms with Crippen LogP contribution in [0.25, 0.3) is 0 Å². The molecule has 0 fully saturated rings. The number of carbonyl (C=O) groups excluding carboxylic acids is 1. The molecule has 1 rings (SSSR count). The number of hydrogen-bond donors (Lipinski definition) is 2. The topological polar surface area (TPSA) is 87.0 Å². The van der Waals surface area contributed by atoms with Gasteiger partial charge in [-0.25, -0.2) is 0 Å². The Hall–Kier alpha value is -2.39. The van der Waals surface area contributed by atoms with Crippen molar-refractivity contribution < 1.29 is 9.53 Å². The molecule has 0 saturated heterocycles. The average Bonchev–Trinajstić information content (AvgIpc) is 2.52. The van der Waals surface area contributed by atoms with E-state index >= 15 is 0 Å². The molecule has 1 aromatic heterocycles. The van der Waals surface area contributed by atoms with Crippen LogP contribution in [0.4, 0.5) is 0 Å². The molecule has 2 N–H and O–H groups in total. The predicted molar refractivity (Wildman–Crippen MR) is 78.9 cm³/mol. The van der Waals surface area contributed by atoms with E-state index < -0.39 is 0 Å². The maximum atomic E-state index is 11.8. The van der Waals surface area contributed by atoms with Crippen LogP contribution in [-0.2, 0) is 16.1 Å². The van der Waals surface area contributed by atoms with E-state index in [1.165, 1.54) is 6.20 Å². The molecule has 1 aromatic rings. The molecule has 0 aromatic carbocycles. The summed E-state index contributed by atoms with van der Waals surface area (Å²) in [4.78, 5) is 15.9. The van der Waals surface area contributed by atoms with Crippen LogP contribution in [-0.4, -0.2) is 30.6 Å². The van der Waals surface area contributed by atoms with Crippen LogP contribution in [0.5, 0.6) is 0 Å². The Morgan fingerprint density at radius 1 is 1.52 bits per heavy atom. The monoisotopic (exact) mass is 288 g/mol. The van der Waals surface area contributed by atoms with Gasteiger partial charge in [0.25, 0.3) is 5.91 Å². The Bertz CT molecular complexity index is 494. The highest BCUT2D eigenvalue weighted by Gasteiger charge is 2.07. The van der Waals surface area contributed by atoms with Crippen molar-refractivity contribution in [3.05, 3.63) is 41.9 Å². The highest BCUT2D eigenvalue weighted by Crippen LogP contribution is 1.95. The van der Waals surface area contributed by atoms with Crippen LogP contribution in [0.3, 0.4) is 0 Å². The number of rotatable bonds is 9. The zero-order chi connectivity index (χ0) is 15.3. The lowest BCUT2D eigenvalue weighted by Crippen LogP contribution is -2.27. The van der Waals surface area contributed by atoms with Crippen molar-refractivity contribution in [3.63, 3.8) is 0 Å². The normalized spacial score (nSPS) is 10.8. The van der Waals surface area contributed by atoms with Crippen LogP contribution >= 0.6 is 0 Å². The third kappa shape index (κ3) is 7.09. The second-order valence-electron chi connectivity index (χ2n) is 4.18. The van der Waals surface area contributed by atoms with Gasteiger partial charge in [0.05, 0.1) is 12.2 Å². The Morgan fingerprint density at radius 3 is 3.05 bits per heavy atom. The number of nitrogens with one attached hydrogen (secondary N) is 2. The van der Waals surface area contributed by atoms with Gasteiger partial charge in [0.15, 0.2) is 0 Å². The van der Waals surface area contributed by atoms with Crippen molar-refractivity contribution in [2.45, 2.75) is 19.9 Å². The molecule has 0 bridgehead atoms. The predicted octanol–water partition coefficient (Wildman–Crippen LogP) is 1.12. The molecule has 0 aliphatic heterocycles. The zero-order valence-corrected chi connectivity index (χ0v) is 12.1. The molecule has 0 radical (unpaired) electrons. The molecular formula is C15H20N4O2. The minimum absolute atomic E-state index is 0.0438. The number of amides is 1. The number of pyridine rings is 1. The summed E-state index contributed by atoms with van der Waals surface area (Å²) < 4.78 is 5.17. The Morgan fingerprint density at radius 2 is 2.38 bits per heavy atom. The molecule has 6 nitrogen and oxygen atoms in total. The molecule has 0 aliphatic rings. The Balaban J connectivity index is 2.33. The molecule has 112 valence electrons. The van der Waals surface area contributed by atoms with Crippen molar-refractivity contribution in [1.82, 2.24) is 15.6 Å². The lowest BCUT2D eigenvalue weighted by Gasteiger charge is -2.05. The molecule has 0 aliphatic carbocycles. The number of nitriles is 1. The van der Waals surface area contributed by atoms with Gasteiger partial charge >= 0.3 is 0 Å². The first-order chi connectivity index (χ1) is 10.3. The van der Waals surface area contributed by atoms with Gasteiger partial charge in [-0.05, 0) is 25.5 Å². The summed E-state index contributed by atoms with van der Waals surface area (Å²) in [6.07, 6.45) is 3.82. The van der Waals surface area contributed by atoms with E-state index in [-0.39, 0.29) is 11.5 Å². The van der Waals surface area contributed by atoms with Gasteiger partial charge in [-0.2, -0.15) is 5.26 Å². The maximum absolute atomic E-state index is 11.8.